The zero-order valence-corrected chi connectivity index (χ0v) is 12.2. The van der Waals surface area contributed by atoms with Gasteiger partial charge in [0.05, 0.1) is 11.7 Å². The van der Waals surface area contributed by atoms with Gasteiger partial charge < -0.3 is 5.32 Å². The number of benzene rings is 1. The number of aryl methyl sites for hydroxylation is 2. The maximum atomic E-state index is 13.5. The molecule has 1 N–H and O–H groups in total. The molecule has 108 valence electrons. The van der Waals surface area contributed by atoms with Crippen molar-refractivity contribution in [1.82, 2.24) is 15.1 Å². The summed E-state index contributed by atoms with van der Waals surface area (Å²) in [6, 6.07) is 3.35. The Morgan fingerprint density at radius 3 is 2.25 bits per heavy atom. The van der Waals surface area contributed by atoms with E-state index in [-0.39, 0.29) is 6.04 Å². The van der Waals surface area contributed by atoms with Crippen molar-refractivity contribution in [3.8, 4) is 0 Å². The van der Waals surface area contributed by atoms with Gasteiger partial charge in [-0.3, -0.25) is 4.68 Å². The fraction of sp³-hybridized carbons (Fsp3) is 0.400. The van der Waals surface area contributed by atoms with Gasteiger partial charge in [0, 0.05) is 24.4 Å². The van der Waals surface area contributed by atoms with E-state index >= 15 is 0 Å². The van der Waals surface area contributed by atoms with E-state index in [2.05, 4.69) is 10.4 Å². The number of nitrogens with one attached hydrogen (secondary N) is 1. The van der Waals surface area contributed by atoms with Crippen LogP contribution in [-0.4, -0.2) is 16.3 Å². The van der Waals surface area contributed by atoms with Gasteiger partial charge in [-0.2, -0.15) is 5.10 Å². The third-order valence-corrected chi connectivity index (χ3v) is 3.48. The van der Waals surface area contributed by atoms with Crippen molar-refractivity contribution in [2.45, 2.75) is 26.8 Å². The van der Waals surface area contributed by atoms with Crippen molar-refractivity contribution in [3.63, 3.8) is 0 Å². The van der Waals surface area contributed by atoms with Crippen molar-refractivity contribution >= 4 is 0 Å². The van der Waals surface area contributed by atoms with Gasteiger partial charge in [0.1, 0.15) is 11.6 Å². The van der Waals surface area contributed by atoms with Crippen LogP contribution < -0.4 is 5.32 Å². The topological polar surface area (TPSA) is 29.9 Å². The minimum atomic E-state index is -0.568. The van der Waals surface area contributed by atoms with E-state index < -0.39 is 11.6 Å². The van der Waals surface area contributed by atoms with Crippen molar-refractivity contribution in [2.75, 3.05) is 6.54 Å². The Kier molecular flexibility index (Phi) is 4.18. The molecule has 1 atom stereocenters. The van der Waals surface area contributed by atoms with E-state index in [0.717, 1.165) is 23.0 Å². The van der Waals surface area contributed by atoms with Crippen LogP contribution in [0.25, 0.3) is 0 Å². The molecule has 3 nitrogen and oxygen atoms in total. The van der Waals surface area contributed by atoms with E-state index in [1.807, 2.05) is 27.8 Å². The average Bonchev–Trinajstić information content (AvgIpc) is 2.60. The molecule has 5 heteroatoms. The molecule has 20 heavy (non-hydrogen) atoms. The van der Waals surface area contributed by atoms with Gasteiger partial charge in [-0.05, 0) is 38.1 Å². The maximum absolute atomic E-state index is 13.5. The van der Waals surface area contributed by atoms with Gasteiger partial charge in [-0.25, -0.2) is 8.78 Å². The Hall–Kier alpha value is -1.75. The first-order chi connectivity index (χ1) is 9.43. The molecule has 1 heterocycles. The first-order valence-corrected chi connectivity index (χ1v) is 6.63. The van der Waals surface area contributed by atoms with Gasteiger partial charge in [0.25, 0.3) is 0 Å². The molecule has 1 aromatic carbocycles. The van der Waals surface area contributed by atoms with E-state index in [9.17, 15) is 8.78 Å². The SMILES string of the molecule is CCNC(c1cc(F)cc(F)c1)c1c(C)nn(C)c1C. The van der Waals surface area contributed by atoms with Crippen molar-refractivity contribution in [1.29, 1.82) is 0 Å². The number of halogens is 2. The van der Waals surface area contributed by atoms with Crippen LogP contribution in [0, 0.1) is 25.5 Å². The maximum Gasteiger partial charge on any atom is 0.126 e. The highest BCUT2D eigenvalue weighted by molar-refractivity contribution is 5.37. The van der Waals surface area contributed by atoms with Crippen LogP contribution in [0.3, 0.4) is 0 Å². The van der Waals surface area contributed by atoms with E-state index in [0.29, 0.717) is 12.1 Å². The summed E-state index contributed by atoms with van der Waals surface area (Å²) in [6.45, 7) is 6.51. The second-order valence-electron chi connectivity index (χ2n) is 4.90. The molecule has 0 aliphatic carbocycles. The lowest BCUT2D eigenvalue weighted by atomic mass is 9.96. The van der Waals surface area contributed by atoms with Gasteiger partial charge in [-0.15, -0.1) is 0 Å². The molecule has 1 aromatic heterocycles. The molecule has 0 amide bonds. The summed E-state index contributed by atoms with van der Waals surface area (Å²) in [4.78, 5) is 0. The van der Waals surface area contributed by atoms with Gasteiger partial charge in [-0.1, -0.05) is 6.92 Å². The highest BCUT2D eigenvalue weighted by Gasteiger charge is 2.22. The van der Waals surface area contributed by atoms with Crippen LogP contribution in [0.5, 0.6) is 0 Å². The molecule has 2 rings (SSSR count). The summed E-state index contributed by atoms with van der Waals surface area (Å²) in [6.07, 6.45) is 0. The Bertz CT molecular complexity index is 600. The van der Waals surface area contributed by atoms with Gasteiger partial charge in [0.15, 0.2) is 0 Å². The van der Waals surface area contributed by atoms with Crippen LogP contribution in [0.2, 0.25) is 0 Å². The molecule has 0 aliphatic rings. The zero-order valence-electron chi connectivity index (χ0n) is 12.2. The molecular weight excluding hydrogens is 260 g/mol. The lowest BCUT2D eigenvalue weighted by Crippen LogP contribution is -2.23. The summed E-state index contributed by atoms with van der Waals surface area (Å²) in [7, 11) is 1.86. The quantitative estimate of drug-likeness (QED) is 0.932. The fourth-order valence-electron chi connectivity index (χ4n) is 2.54. The zero-order chi connectivity index (χ0) is 14.9. The number of hydrogen-bond acceptors (Lipinski definition) is 2. The highest BCUT2D eigenvalue weighted by Crippen LogP contribution is 2.28. The smallest absolute Gasteiger partial charge is 0.126 e. The molecule has 0 aliphatic heterocycles. The highest BCUT2D eigenvalue weighted by atomic mass is 19.1. The number of hydrogen-bond donors (Lipinski definition) is 1. The summed E-state index contributed by atoms with van der Waals surface area (Å²) in [5, 5.41) is 7.65. The molecular formula is C15H19F2N3. The Morgan fingerprint density at radius 2 is 1.80 bits per heavy atom. The van der Waals surface area contributed by atoms with Crippen LogP contribution >= 0.6 is 0 Å². The van der Waals surface area contributed by atoms with E-state index in [4.69, 9.17) is 0 Å². The first kappa shape index (κ1) is 14.7. The van der Waals surface area contributed by atoms with E-state index in [1.54, 1.807) is 4.68 Å². The lowest BCUT2D eigenvalue weighted by molar-refractivity contribution is 0.564. The molecule has 0 saturated carbocycles. The van der Waals surface area contributed by atoms with E-state index in [1.165, 1.54) is 12.1 Å². The second kappa shape index (κ2) is 5.71. The van der Waals surface area contributed by atoms with Crippen LogP contribution in [0.4, 0.5) is 8.78 Å². The average molecular weight is 279 g/mol. The molecule has 1 unspecified atom stereocenters. The molecule has 0 radical (unpaired) electrons. The Morgan fingerprint density at radius 1 is 1.20 bits per heavy atom. The predicted molar refractivity (Wildman–Crippen MR) is 74.6 cm³/mol. The van der Waals surface area contributed by atoms with Crippen LogP contribution in [0.15, 0.2) is 18.2 Å². The first-order valence-electron chi connectivity index (χ1n) is 6.63. The lowest BCUT2D eigenvalue weighted by Gasteiger charge is -2.19. The monoisotopic (exact) mass is 279 g/mol. The van der Waals surface area contributed by atoms with Crippen LogP contribution in [-0.2, 0) is 7.05 Å². The predicted octanol–water partition coefficient (Wildman–Crippen LogP) is 3.01. The minimum absolute atomic E-state index is 0.265. The van der Waals surface area contributed by atoms with Crippen LogP contribution in [0.1, 0.15) is 35.5 Å². The van der Waals surface area contributed by atoms with Crippen molar-refractivity contribution in [3.05, 3.63) is 52.3 Å². The fourth-order valence-corrected chi connectivity index (χ4v) is 2.54. The Labute approximate surface area is 117 Å². The summed E-state index contributed by atoms with van der Waals surface area (Å²) in [5.74, 6) is -1.14. The van der Waals surface area contributed by atoms with Gasteiger partial charge >= 0.3 is 0 Å². The number of aromatic nitrogens is 2. The Balaban J connectivity index is 2.55. The molecule has 0 spiro atoms. The molecule has 0 saturated heterocycles. The second-order valence-corrected chi connectivity index (χ2v) is 4.90. The van der Waals surface area contributed by atoms with Gasteiger partial charge in [0.2, 0.25) is 0 Å². The summed E-state index contributed by atoms with van der Waals surface area (Å²) in [5.41, 5.74) is 3.39. The molecule has 0 bridgehead atoms. The largest absolute Gasteiger partial charge is 0.306 e. The number of nitrogens with zero attached hydrogens (tertiary/aromatic N) is 2. The molecule has 2 aromatic rings. The standard InChI is InChI=1S/C15H19F2N3/c1-5-18-15(11-6-12(16)8-13(17)7-11)14-9(2)19-20(4)10(14)3/h6-8,15,18H,5H2,1-4H3. The number of rotatable bonds is 4. The molecule has 0 fully saturated rings. The van der Waals surface area contributed by atoms with Crippen molar-refractivity contribution < 1.29 is 8.78 Å². The summed E-state index contributed by atoms with van der Waals surface area (Å²) >= 11 is 0. The van der Waals surface area contributed by atoms with Crippen molar-refractivity contribution in [2.24, 2.45) is 7.05 Å². The third kappa shape index (κ3) is 2.72. The summed E-state index contributed by atoms with van der Waals surface area (Å²) < 4.78 is 28.7. The minimum Gasteiger partial charge on any atom is -0.306 e. The normalized spacial score (nSPS) is 12.7. The third-order valence-electron chi connectivity index (χ3n) is 3.48.